The van der Waals surface area contributed by atoms with Crippen LogP contribution in [0, 0.1) is 5.82 Å². The average Bonchev–Trinajstić information content (AvgIpc) is 2.53. The highest BCUT2D eigenvalue weighted by atomic mass is 127. The molecular formula is C16H27ClFIN4O2S. The molecule has 0 saturated heterocycles. The summed E-state index contributed by atoms with van der Waals surface area (Å²) < 4.78 is 38.4. The van der Waals surface area contributed by atoms with E-state index in [-0.39, 0.29) is 47.5 Å². The Labute approximate surface area is 177 Å². The Kier molecular flexibility index (Phi) is 11.0. The molecule has 1 aromatic rings. The number of benzene rings is 1. The van der Waals surface area contributed by atoms with Crippen LogP contribution < -0.4 is 15.4 Å². The molecule has 10 heteroatoms. The highest BCUT2D eigenvalue weighted by Gasteiger charge is 2.24. The van der Waals surface area contributed by atoms with Crippen molar-refractivity contribution in [2.75, 3.05) is 32.4 Å². The van der Waals surface area contributed by atoms with Gasteiger partial charge in [-0.1, -0.05) is 31.5 Å². The van der Waals surface area contributed by atoms with Crippen LogP contribution in [0.1, 0.15) is 26.3 Å². The Balaban J connectivity index is 0.00000625. The molecule has 6 nitrogen and oxygen atoms in total. The Hall–Kier alpha value is -0.650. The number of rotatable bonds is 8. The number of hydrogen-bond donors (Lipinski definition) is 3. The van der Waals surface area contributed by atoms with Crippen molar-refractivity contribution >= 4 is 51.6 Å². The van der Waals surface area contributed by atoms with Crippen LogP contribution in [-0.4, -0.2) is 46.8 Å². The lowest BCUT2D eigenvalue weighted by molar-refractivity contribution is 0.507. The summed E-state index contributed by atoms with van der Waals surface area (Å²) in [5.74, 6) is 0.221. The summed E-state index contributed by atoms with van der Waals surface area (Å²) in [4.78, 5) is 4.10. The molecule has 0 unspecified atom stereocenters. The number of hydrogen-bond acceptors (Lipinski definition) is 3. The van der Waals surface area contributed by atoms with E-state index in [2.05, 4.69) is 20.3 Å². The van der Waals surface area contributed by atoms with Gasteiger partial charge in [-0.3, -0.25) is 4.99 Å². The first-order valence-electron chi connectivity index (χ1n) is 7.98. The maximum Gasteiger partial charge on any atom is 0.211 e. The van der Waals surface area contributed by atoms with Crippen LogP contribution in [-0.2, 0) is 15.4 Å². The van der Waals surface area contributed by atoms with E-state index in [1.807, 2.05) is 13.8 Å². The van der Waals surface area contributed by atoms with Gasteiger partial charge in [-0.15, -0.1) is 24.0 Å². The highest BCUT2D eigenvalue weighted by Crippen LogP contribution is 2.29. The molecular weight excluding hydrogens is 494 g/mol. The minimum absolute atomic E-state index is 0. The van der Waals surface area contributed by atoms with Crippen molar-refractivity contribution in [1.29, 1.82) is 0 Å². The third kappa shape index (κ3) is 8.36. The third-order valence-electron chi connectivity index (χ3n) is 3.70. The molecule has 0 bridgehead atoms. The van der Waals surface area contributed by atoms with E-state index in [1.54, 1.807) is 20.0 Å². The summed E-state index contributed by atoms with van der Waals surface area (Å²) in [5, 5.41) is 6.58. The van der Waals surface area contributed by atoms with Gasteiger partial charge in [0.15, 0.2) is 5.96 Å². The van der Waals surface area contributed by atoms with Crippen molar-refractivity contribution in [3.63, 3.8) is 0 Å². The maximum absolute atomic E-state index is 13.2. The first kappa shape index (κ1) is 25.4. The maximum atomic E-state index is 13.2. The lowest BCUT2D eigenvalue weighted by Crippen LogP contribution is -2.45. The van der Waals surface area contributed by atoms with Crippen LogP contribution in [0.5, 0.6) is 0 Å². The molecule has 150 valence electrons. The molecule has 0 aliphatic rings. The van der Waals surface area contributed by atoms with Gasteiger partial charge in [0.2, 0.25) is 10.0 Å². The molecule has 0 fully saturated rings. The second-order valence-corrected chi connectivity index (χ2v) is 8.66. The summed E-state index contributed by atoms with van der Waals surface area (Å²) >= 11 is 6.14. The van der Waals surface area contributed by atoms with Crippen molar-refractivity contribution < 1.29 is 12.8 Å². The van der Waals surface area contributed by atoms with Crippen molar-refractivity contribution in [2.45, 2.75) is 26.2 Å². The third-order valence-corrected chi connectivity index (χ3v) is 5.42. The van der Waals surface area contributed by atoms with Gasteiger partial charge in [-0.05, 0) is 24.6 Å². The molecule has 1 rings (SSSR count). The fourth-order valence-corrected chi connectivity index (χ4v) is 3.19. The van der Waals surface area contributed by atoms with Gasteiger partial charge in [-0.25, -0.2) is 17.5 Å². The predicted molar refractivity (Wildman–Crippen MR) is 117 cm³/mol. The first-order chi connectivity index (χ1) is 11.6. The van der Waals surface area contributed by atoms with Gasteiger partial charge in [0.25, 0.3) is 0 Å². The normalized spacial score (nSPS) is 12.5. The summed E-state index contributed by atoms with van der Waals surface area (Å²) in [5.41, 5.74) is 0.473. The Bertz CT molecular complexity index is 714. The van der Waals surface area contributed by atoms with Crippen molar-refractivity contribution in [1.82, 2.24) is 15.4 Å². The smallest absolute Gasteiger partial charge is 0.211 e. The number of nitrogens with one attached hydrogen (secondary N) is 3. The summed E-state index contributed by atoms with van der Waals surface area (Å²) in [6.07, 6.45) is 0. The number of nitrogens with zero attached hydrogens (tertiary/aromatic N) is 1. The van der Waals surface area contributed by atoms with Crippen LogP contribution >= 0.6 is 35.6 Å². The van der Waals surface area contributed by atoms with Crippen molar-refractivity contribution in [2.24, 2.45) is 4.99 Å². The monoisotopic (exact) mass is 520 g/mol. The van der Waals surface area contributed by atoms with Gasteiger partial charge < -0.3 is 10.6 Å². The molecule has 0 aromatic heterocycles. The largest absolute Gasteiger partial charge is 0.356 e. The molecule has 0 atom stereocenters. The molecule has 0 amide bonds. The summed E-state index contributed by atoms with van der Waals surface area (Å²) in [7, 11) is -1.57. The fraction of sp³-hybridized carbons (Fsp3) is 0.562. The lowest BCUT2D eigenvalue weighted by atomic mass is 9.84. The SMILES string of the molecule is CCS(=O)(=O)NCCNC(=NC)NCC(C)(C)c1ccc(F)cc1Cl.I. The average molecular weight is 521 g/mol. The number of aliphatic imine (C=N–C) groups is 1. The van der Waals surface area contributed by atoms with Gasteiger partial charge in [0.1, 0.15) is 5.82 Å². The van der Waals surface area contributed by atoms with Crippen molar-refractivity contribution in [3.05, 3.63) is 34.6 Å². The van der Waals surface area contributed by atoms with E-state index < -0.39 is 10.0 Å². The van der Waals surface area contributed by atoms with Gasteiger partial charge in [-0.2, -0.15) is 0 Å². The van der Waals surface area contributed by atoms with E-state index in [9.17, 15) is 12.8 Å². The van der Waals surface area contributed by atoms with Crippen molar-refractivity contribution in [3.8, 4) is 0 Å². The first-order valence-corrected chi connectivity index (χ1v) is 10.0. The van der Waals surface area contributed by atoms with Gasteiger partial charge in [0, 0.05) is 37.1 Å². The van der Waals surface area contributed by atoms with Crippen LogP contribution in [0.4, 0.5) is 4.39 Å². The van der Waals surface area contributed by atoms with E-state index in [0.717, 1.165) is 5.56 Å². The minimum Gasteiger partial charge on any atom is -0.356 e. The minimum atomic E-state index is -3.20. The molecule has 0 aliphatic heterocycles. The van der Waals surface area contributed by atoms with E-state index in [1.165, 1.54) is 12.1 Å². The Morgan fingerprint density at radius 2 is 1.92 bits per heavy atom. The zero-order valence-electron chi connectivity index (χ0n) is 15.4. The van der Waals surface area contributed by atoms with Crippen LogP contribution in [0.25, 0.3) is 0 Å². The molecule has 1 aromatic carbocycles. The Morgan fingerprint density at radius 3 is 2.46 bits per heavy atom. The highest BCUT2D eigenvalue weighted by molar-refractivity contribution is 14.0. The number of sulfonamides is 1. The van der Waals surface area contributed by atoms with Crippen LogP contribution in [0.3, 0.4) is 0 Å². The molecule has 0 heterocycles. The van der Waals surface area contributed by atoms with Gasteiger partial charge in [0.05, 0.1) is 5.75 Å². The van der Waals surface area contributed by atoms with Gasteiger partial charge >= 0.3 is 0 Å². The zero-order chi connectivity index (χ0) is 19.1. The standard InChI is InChI=1S/C16H26ClFN4O2S.HI/c1-5-25(23,24)22-9-8-20-15(19-4)21-11-16(2,3)13-7-6-12(18)10-14(13)17;/h6-7,10,22H,5,8-9,11H2,1-4H3,(H2,19,20,21);1H. The van der Waals surface area contributed by atoms with Crippen LogP contribution in [0.2, 0.25) is 5.02 Å². The summed E-state index contributed by atoms with van der Waals surface area (Å²) in [6.45, 7) is 6.74. The number of guanidine groups is 1. The molecule has 0 spiro atoms. The van der Waals surface area contributed by atoms with E-state index in [4.69, 9.17) is 11.6 Å². The second kappa shape index (κ2) is 11.3. The zero-order valence-corrected chi connectivity index (χ0v) is 19.3. The van der Waals surface area contributed by atoms with Crippen LogP contribution in [0.15, 0.2) is 23.2 Å². The fourth-order valence-electron chi connectivity index (χ4n) is 2.15. The molecule has 0 aliphatic carbocycles. The quantitative estimate of drug-likeness (QED) is 0.213. The predicted octanol–water partition coefficient (Wildman–Crippen LogP) is 2.48. The van der Waals surface area contributed by atoms with E-state index >= 15 is 0 Å². The second-order valence-electron chi connectivity index (χ2n) is 6.16. The molecule has 0 radical (unpaired) electrons. The van der Waals surface area contributed by atoms with E-state index in [0.29, 0.717) is 24.1 Å². The molecule has 0 saturated carbocycles. The molecule has 3 N–H and O–H groups in total. The Morgan fingerprint density at radius 1 is 1.27 bits per heavy atom. The summed E-state index contributed by atoms with van der Waals surface area (Å²) in [6, 6.07) is 4.36. The number of halogens is 3. The molecule has 26 heavy (non-hydrogen) atoms. The topological polar surface area (TPSA) is 82.6 Å². The lowest BCUT2D eigenvalue weighted by Gasteiger charge is -2.27.